The third-order valence-corrected chi connectivity index (χ3v) is 5.69. The van der Waals surface area contributed by atoms with Crippen LogP contribution in [0.4, 0.5) is 0 Å². The highest BCUT2D eigenvalue weighted by Gasteiger charge is 2.29. The lowest BCUT2D eigenvalue weighted by Crippen LogP contribution is -2.49. The molecule has 0 aromatic carbocycles. The fourth-order valence-electron chi connectivity index (χ4n) is 4.14. The van der Waals surface area contributed by atoms with E-state index < -0.39 is 0 Å². The summed E-state index contributed by atoms with van der Waals surface area (Å²) < 4.78 is 4.01. The summed E-state index contributed by atoms with van der Waals surface area (Å²) in [6.45, 7) is 4.86. The molecule has 0 amide bonds. The topological polar surface area (TPSA) is 56.0 Å². The van der Waals surface area contributed by atoms with Gasteiger partial charge < -0.3 is 4.57 Å². The van der Waals surface area contributed by atoms with E-state index in [4.69, 9.17) is 4.98 Å². The number of aryl methyl sites for hydroxylation is 2. The molecule has 6 heteroatoms. The molecule has 6 nitrogen and oxygen atoms in total. The molecule has 0 N–H and O–H groups in total. The van der Waals surface area contributed by atoms with Crippen LogP contribution in [0.15, 0.2) is 23.1 Å². The van der Waals surface area contributed by atoms with Crippen LogP contribution in [0, 0.1) is 5.92 Å². The van der Waals surface area contributed by atoms with Gasteiger partial charge in [0.25, 0.3) is 5.56 Å². The van der Waals surface area contributed by atoms with Crippen LogP contribution in [0.1, 0.15) is 48.8 Å². The van der Waals surface area contributed by atoms with Crippen LogP contribution in [-0.4, -0.2) is 37.3 Å². The van der Waals surface area contributed by atoms with E-state index in [1.54, 1.807) is 10.7 Å². The highest BCUT2D eigenvalue weighted by Crippen LogP contribution is 2.38. The summed E-state index contributed by atoms with van der Waals surface area (Å²) in [6, 6.07) is 3.59. The summed E-state index contributed by atoms with van der Waals surface area (Å²) in [7, 11) is 0. The van der Waals surface area contributed by atoms with Crippen molar-refractivity contribution in [1.29, 1.82) is 0 Å². The Hall–Kier alpha value is -1.95. The second kappa shape index (κ2) is 6.09. The second-order valence-corrected chi connectivity index (χ2v) is 7.91. The molecular formula is C19H25N5O. The summed E-state index contributed by atoms with van der Waals surface area (Å²) in [5.74, 6) is 2.37. The third kappa shape index (κ3) is 3.15. The first kappa shape index (κ1) is 15.3. The monoisotopic (exact) mass is 339 g/mol. The van der Waals surface area contributed by atoms with Gasteiger partial charge in [0.15, 0.2) is 0 Å². The van der Waals surface area contributed by atoms with E-state index in [0.29, 0.717) is 11.8 Å². The predicted octanol–water partition coefficient (Wildman–Crippen LogP) is 1.79. The van der Waals surface area contributed by atoms with Crippen LogP contribution >= 0.6 is 0 Å². The lowest BCUT2D eigenvalue weighted by Gasteiger charge is -2.38. The van der Waals surface area contributed by atoms with Crippen molar-refractivity contribution in [2.75, 3.05) is 13.1 Å². The van der Waals surface area contributed by atoms with E-state index in [0.717, 1.165) is 44.8 Å². The quantitative estimate of drug-likeness (QED) is 0.833. The molecule has 2 aliphatic heterocycles. The maximum absolute atomic E-state index is 12.0. The molecule has 0 bridgehead atoms. The largest absolute Gasteiger partial charge is 0.335 e. The molecule has 1 saturated heterocycles. The Morgan fingerprint density at radius 1 is 1.16 bits per heavy atom. The molecule has 2 aromatic heterocycles. The minimum absolute atomic E-state index is 0.0321. The van der Waals surface area contributed by atoms with E-state index >= 15 is 0 Å². The summed E-state index contributed by atoms with van der Waals surface area (Å²) in [5.41, 5.74) is 2.32. The van der Waals surface area contributed by atoms with Crippen LogP contribution < -0.4 is 5.56 Å². The Balaban J connectivity index is 1.17. The average Bonchev–Trinajstić information content (AvgIpc) is 3.34. The van der Waals surface area contributed by atoms with Gasteiger partial charge >= 0.3 is 0 Å². The molecule has 0 radical (unpaired) electrons. The van der Waals surface area contributed by atoms with Crippen molar-refractivity contribution < 1.29 is 0 Å². The fraction of sp³-hybridized carbons (Fsp3) is 0.632. The minimum Gasteiger partial charge on any atom is -0.335 e. The molecule has 2 fully saturated rings. The number of likely N-dealkylation sites (tertiary alicyclic amines) is 1. The molecule has 25 heavy (non-hydrogen) atoms. The van der Waals surface area contributed by atoms with E-state index in [2.05, 4.69) is 20.8 Å². The van der Waals surface area contributed by atoms with Gasteiger partial charge in [-0.3, -0.25) is 9.69 Å². The highest BCUT2D eigenvalue weighted by atomic mass is 16.1. The number of hydrogen-bond acceptors (Lipinski definition) is 4. The lowest BCUT2D eigenvalue weighted by atomic mass is 10.00. The molecule has 3 aliphatic rings. The molecule has 1 aliphatic carbocycles. The smallest absolute Gasteiger partial charge is 0.266 e. The van der Waals surface area contributed by atoms with Crippen LogP contribution in [0.25, 0.3) is 0 Å². The minimum atomic E-state index is 0.0321. The van der Waals surface area contributed by atoms with Crippen molar-refractivity contribution in [3.05, 3.63) is 45.9 Å². The van der Waals surface area contributed by atoms with E-state index in [-0.39, 0.29) is 5.56 Å². The van der Waals surface area contributed by atoms with Crippen molar-refractivity contribution in [2.45, 2.75) is 57.7 Å². The second-order valence-electron chi connectivity index (χ2n) is 7.91. The van der Waals surface area contributed by atoms with Gasteiger partial charge in [-0.2, -0.15) is 5.10 Å². The lowest BCUT2D eigenvalue weighted by molar-refractivity contribution is 0.0753. The summed E-state index contributed by atoms with van der Waals surface area (Å²) in [6.07, 6.45) is 8.33. The van der Waals surface area contributed by atoms with Gasteiger partial charge in [0, 0.05) is 56.7 Å². The van der Waals surface area contributed by atoms with Crippen molar-refractivity contribution in [1.82, 2.24) is 24.2 Å². The van der Waals surface area contributed by atoms with Crippen LogP contribution in [0.5, 0.6) is 0 Å². The zero-order valence-corrected chi connectivity index (χ0v) is 14.6. The number of rotatable bonds is 5. The first-order chi connectivity index (χ1) is 12.2. The average molecular weight is 339 g/mol. The Bertz CT molecular complexity index is 805. The standard InChI is InChI=1S/C19H25N5O/c25-19-7-6-17(15-4-5-15)21-24(19)11-14-9-22(10-14)12-16-13-23-8-2-1-3-18(23)20-16/h6-7,13-15H,1-5,8-12H2. The molecule has 5 rings (SSSR count). The van der Waals surface area contributed by atoms with Crippen molar-refractivity contribution in [2.24, 2.45) is 5.92 Å². The summed E-state index contributed by atoms with van der Waals surface area (Å²) >= 11 is 0. The maximum Gasteiger partial charge on any atom is 0.266 e. The van der Waals surface area contributed by atoms with Gasteiger partial charge in [0.1, 0.15) is 5.82 Å². The Labute approximate surface area is 147 Å². The number of fused-ring (bicyclic) bond motifs is 1. The molecule has 0 unspecified atom stereocenters. The summed E-state index contributed by atoms with van der Waals surface area (Å²) in [5, 5.41) is 4.58. The first-order valence-corrected chi connectivity index (χ1v) is 9.60. The Morgan fingerprint density at radius 2 is 2.04 bits per heavy atom. The third-order valence-electron chi connectivity index (χ3n) is 5.69. The van der Waals surface area contributed by atoms with Gasteiger partial charge in [-0.05, 0) is 31.7 Å². The van der Waals surface area contributed by atoms with Gasteiger partial charge in [0.2, 0.25) is 0 Å². The molecule has 0 spiro atoms. The summed E-state index contributed by atoms with van der Waals surface area (Å²) in [4.78, 5) is 19.3. The number of aromatic nitrogens is 4. The van der Waals surface area contributed by atoms with E-state index in [1.807, 2.05) is 6.07 Å². The Kier molecular flexibility index (Phi) is 3.73. The van der Waals surface area contributed by atoms with Gasteiger partial charge in [-0.15, -0.1) is 0 Å². The molecule has 4 heterocycles. The van der Waals surface area contributed by atoms with E-state index in [9.17, 15) is 4.79 Å². The van der Waals surface area contributed by atoms with Crippen molar-refractivity contribution >= 4 is 0 Å². The number of imidazole rings is 1. The van der Waals surface area contributed by atoms with Gasteiger partial charge in [-0.1, -0.05) is 0 Å². The van der Waals surface area contributed by atoms with Crippen molar-refractivity contribution in [3.8, 4) is 0 Å². The zero-order valence-electron chi connectivity index (χ0n) is 14.6. The molecular weight excluding hydrogens is 314 g/mol. The zero-order chi connectivity index (χ0) is 16.8. The van der Waals surface area contributed by atoms with Crippen LogP contribution in [0.3, 0.4) is 0 Å². The van der Waals surface area contributed by atoms with Gasteiger partial charge in [0.05, 0.1) is 17.9 Å². The predicted molar refractivity (Wildman–Crippen MR) is 94.4 cm³/mol. The normalized spacial score (nSPS) is 21.1. The first-order valence-electron chi connectivity index (χ1n) is 9.60. The Morgan fingerprint density at radius 3 is 2.84 bits per heavy atom. The fourth-order valence-corrected chi connectivity index (χ4v) is 4.14. The molecule has 132 valence electrons. The van der Waals surface area contributed by atoms with Crippen molar-refractivity contribution in [3.63, 3.8) is 0 Å². The van der Waals surface area contributed by atoms with Crippen LogP contribution in [0.2, 0.25) is 0 Å². The van der Waals surface area contributed by atoms with Gasteiger partial charge in [-0.25, -0.2) is 9.67 Å². The number of nitrogens with zero attached hydrogens (tertiary/aromatic N) is 5. The molecule has 1 saturated carbocycles. The maximum atomic E-state index is 12.0. The highest BCUT2D eigenvalue weighted by molar-refractivity contribution is 5.12. The number of hydrogen-bond donors (Lipinski definition) is 0. The molecule has 2 aromatic rings. The van der Waals surface area contributed by atoms with Crippen LogP contribution in [-0.2, 0) is 26.1 Å². The van der Waals surface area contributed by atoms with E-state index in [1.165, 1.54) is 37.2 Å². The SMILES string of the molecule is O=c1ccc(C2CC2)nn1CC1CN(Cc2cn3c(n2)CCCC3)C1. The molecule has 0 atom stereocenters.